The SMILES string of the molecule is CCOC(=O)c1cccc(C2=C(CNC(=O)c3ocnc3C)[C@H]3CC[C@@H](C2)N3Cc2ccccc2)c1. The van der Waals surface area contributed by atoms with E-state index in [0.29, 0.717) is 30.5 Å². The van der Waals surface area contributed by atoms with Crippen LogP contribution in [-0.2, 0) is 11.3 Å². The minimum atomic E-state index is -0.319. The molecule has 2 aromatic carbocycles. The summed E-state index contributed by atoms with van der Waals surface area (Å²) in [5.74, 6) is -0.352. The second kappa shape index (κ2) is 10.5. The Morgan fingerprint density at radius 1 is 1.14 bits per heavy atom. The molecule has 36 heavy (non-hydrogen) atoms. The zero-order valence-electron chi connectivity index (χ0n) is 20.7. The fraction of sp³-hybridized carbons (Fsp3) is 0.345. The van der Waals surface area contributed by atoms with Gasteiger partial charge in [-0.05, 0) is 67.5 Å². The number of fused-ring (bicyclic) bond motifs is 2. The molecule has 0 saturated carbocycles. The minimum Gasteiger partial charge on any atom is -0.462 e. The molecule has 1 aromatic heterocycles. The zero-order chi connectivity index (χ0) is 25.1. The van der Waals surface area contributed by atoms with Gasteiger partial charge in [-0.25, -0.2) is 9.78 Å². The lowest BCUT2D eigenvalue weighted by Crippen LogP contribution is -2.43. The molecule has 2 bridgehead atoms. The van der Waals surface area contributed by atoms with Crippen LogP contribution >= 0.6 is 0 Å². The molecule has 7 heteroatoms. The van der Waals surface area contributed by atoms with E-state index in [9.17, 15) is 9.59 Å². The molecule has 2 aliphatic heterocycles. The number of benzene rings is 2. The van der Waals surface area contributed by atoms with Gasteiger partial charge < -0.3 is 14.5 Å². The summed E-state index contributed by atoms with van der Waals surface area (Å²) in [6.45, 7) is 5.17. The van der Waals surface area contributed by atoms with Crippen LogP contribution in [0.4, 0.5) is 0 Å². The van der Waals surface area contributed by atoms with Crippen LogP contribution < -0.4 is 5.32 Å². The van der Waals surface area contributed by atoms with E-state index < -0.39 is 0 Å². The Labute approximate surface area is 211 Å². The van der Waals surface area contributed by atoms with Crippen molar-refractivity contribution in [1.82, 2.24) is 15.2 Å². The van der Waals surface area contributed by atoms with Gasteiger partial charge in [0.2, 0.25) is 5.76 Å². The summed E-state index contributed by atoms with van der Waals surface area (Å²) >= 11 is 0. The maximum absolute atomic E-state index is 12.9. The second-order valence-electron chi connectivity index (χ2n) is 9.36. The number of oxazole rings is 1. The number of rotatable bonds is 8. The van der Waals surface area contributed by atoms with Gasteiger partial charge in [0.15, 0.2) is 6.39 Å². The Kier molecular flexibility index (Phi) is 7.00. The van der Waals surface area contributed by atoms with Crippen LogP contribution in [0.25, 0.3) is 5.57 Å². The number of esters is 1. The number of carbonyl (C=O) groups excluding carboxylic acids is 2. The molecule has 3 heterocycles. The largest absolute Gasteiger partial charge is 0.462 e. The van der Waals surface area contributed by atoms with Gasteiger partial charge in [0, 0.05) is 25.2 Å². The van der Waals surface area contributed by atoms with E-state index in [1.54, 1.807) is 13.0 Å². The van der Waals surface area contributed by atoms with Crippen LogP contribution in [0.2, 0.25) is 0 Å². The summed E-state index contributed by atoms with van der Waals surface area (Å²) in [5.41, 5.74) is 5.79. The van der Waals surface area contributed by atoms with Crippen molar-refractivity contribution >= 4 is 17.4 Å². The fourth-order valence-corrected chi connectivity index (χ4v) is 5.48. The van der Waals surface area contributed by atoms with Crippen LogP contribution in [0.3, 0.4) is 0 Å². The highest BCUT2D eigenvalue weighted by atomic mass is 16.5. The van der Waals surface area contributed by atoms with Gasteiger partial charge in [-0.1, -0.05) is 42.5 Å². The zero-order valence-corrected chi connectivity index (χ0v) is 20.7. The molecule has 186 valence electrons. The molecule has 3 aromatic rings. The van der Waals surface area contributed by atoms with E-state index >= 15 is 0 Å². The molecule has 1 N–H and O–H groups in total. The molecule has 2 aliphatic rings. The average molecular weight is 486 g/mol. The van der Waals surface area contributed by atoms with E-state index in [-0.39, 0.29) is 23.7 Å². The molecule has 1 fully saturated rings. The number of nitrogens with one attached hydrogen (secondary N) is 1. The van der Waals surface area contributed by atoms with Crippen molar-refractivity contribution in [2.75, 3.05) is 13.2 Å². The summed E-state index contributed by atoms with van der Waals surface area (Å²) in [7, 11) is 0. The number of carbonyl (C=O) groups is 2. The van der Waals surface area contributed by atoms with E-state index in [1.165, 1.54) is 23.1 Å². The van der Waals surface area contributed by atoms with E-state index in [1.807, 2.05) is 31.2 Å². The van der Waals surface area contributed by atoms with E-state index in [2.05, 4.69) is 39.5 Å². The van der Waals surface area contributed by atoms with Gasteiger partial charge in [-0.15, -0.1) is 0 Å². The van der Waals surface area contributed by atoms with Crippen LogP contribution in [0.15, 0.2) is 71.0 Å². The third kappa shape index (κ3) is 4.84. The van der Waals surface area contributed by atoms with Crippen LogP contribution in [0.5, 0.6) is 0 Å². The molecule has 1 saturated heterocycles. The maximum Gasteiger partial charge on any atom is 0.338 e. The van der Waals surface area contributed by atoms with Crippen molar-refractivity contribution < 1.29 is 18.7 Å². The Morgan fingerprint density at radius 2 is 1.97 bits per heavy atom. The summed E-state index contributed by atoms with van der Waals surface area (Å²) in [5, 5.41) is 3.07. The normalized spacial score (nSPS) is 19.4. The highest BCUT2D eigenvalue weighted by Crippen LogP contribution is 2.43. The molecule has 7 nitrogen and oxygen atoms in total. The van der Waals surface area contributed by atoms with Crippen molar-refractivity contribution in [3.63, 3.8) is 0 Å². The maximum atomic E-state index is 12.9. The first-order valence-electron chi connectivity index (χ1n) is 12.5. The first-order valence-corrected chi connectivity index (χ1v) is 12.5. The molecule has 0 aliphatic carbocycles. The molecule has 2 atom stereocenters. The first kappa shape index (κ1) is 24.0. The monoisotopic (exact) mass is 485 g/mol. The first-order chi connectivity index (χ1) is 17.5. The third-order valence-corrected chi connectivity index (χ3v) is 7.19. The standard InChI is InChI=1S/C29H31N3O4/c1-3-35-29(34)22-11-7-10-21(14-22)24-15-23-12-13-26(32(23)17-20-8-5-4-6-9-20)25(24)16-30-28(33)27-19(2)31-18-36-27/h4-11,14,18,23,26H,3,12-13,15-17H2,1-2H3,(H,30,33)/t23-,26+/m0/s1. The molecule has 5 rings (SSSR count). The average Bonchev–Trinajstić information content (AvgIpc) is 3.44. The summed E-state index contributed by atoms with van der Waals surface area (Å²) in [4.78, 5) is 31.9. The number of hydrogen-bond donors (Lipinski definition) is 1. The van der Waals surface area contributed by atoms with Crippen LogP contribution in [-0.4, -0.2) is 47.0 Å². The van der Waals surface area contributed by atoms with Crippen molar-refractivity contribution in [3.05, 3.63) is 94.7 Å². The quantitative estimate of drug-likeness (QED) is 0.462. The van der Waals surface area contributed by atoms with Crippen molar-refractivity contribution in [2.45, 2.75) is 51.7 Å². The van der Waals surface area contributed by atoms with Crippen molar-refractivity contribution in [3.8, 4) is 0 Å². The van der Waals surface area contributed by atoms with Gasteiger partial charge in [-0.2, -0.15) is 0 Å². The number of nitrogens with zero attached hydrogens (tertiary/aromatic N) is 2. The van der Waals surface area contributed by atoms with Crippen molar-refractivity contribution in [1.29, 1.82) is 0 Å². The smallest absolute Gasteiger partial charge is 0.338 e. The van der Waals surface area contributed by atoms with Crippen LogP contribution in [0, 0.1) is 6.92 Å². The van der Waals surface area contributed by atoms with Gasteiger partial charge in [-0.3, -0.25) is 9.69 Å². The lowest BCUT2D eigenvalue weighted by atomic mass is 9.87. The van der Waals surface area contributed by atoms with Gasteiger partial charge >= 0.3 is 5.97 Å². The topological polar surface area (TPSA) is 84.7 Å². The molecule has 0 radical (unpaired) electrons. The Balaban J connectivity index is 1.48. The molecular weight excluding hydrogens is 454 g/mol. The number of aromatic nitrogens is 1. The van der Waals surface area contributed by atoms with Crippen molar-refractivity contribution in [2.24, 2.45) is 0 Å². The summed E-state index contributed by atoms with van der Waals surface area (Å²) < 4.78 is 10.5. The van der Waals surface area contributed by atoms with Gasteiger partial charge in [0.05, 0.1) is 17.9 Å². The molecule has 1 amide bonds. The second-order valence-corrected chi connectivity index (χ2v) is 9.36. The lowest BCUT2D eigenvalue weighted by Gasteiger charge is -2.38. The predicted octanol–water partition coefficient (Wildman–Crippen LogP) is 4.78. The lowest BCUT2D eigenvalue weighted by molar-refractivity contribution is 0.0526. The minimum absolute atomic E-state index is 0.210. The predicted molar refractivity (Wildman–Crippen MR) is 136 cm³/mol. The third-order valence-electron chi connectivity index (χ3n) is 7.19. The molecular formula is C29H31N3O4. The highest BCUT2D eigenvalue weighted by Gasteiger charge is 2.41. The number of hydrogen-bond acceptors (Lipinski definition) is 6. The Bertz CT molecular complexity index is 1280. The highest BCUT2D eigenvalue weighted by molar-refractivity contribution is 5.93. The summed E-state index contributed by atoms with van der Waals surface area (Å²) in [6, 6.07) is 18.8. The number of ether oxygens (including phenoxy) is 1. The van der Waals surface area contributed by atoms with E-state index in [0.717, 1.165) is 31.4 Å². The van der Waals surface area contributed by atoms with Gasteiger partial charge in [0.25, 0.3) is 5.91 Å². The van der Waals surface area contributed by atoms with E-state index in [4.69, 9.17) is 9.15 Å². The summed E-state index contributed by atoms with van der Waals surface area (Å²) in [6.07, 6.45) is 4.28. The Morgan fingerprint density at radius 3 is 2.72 bits per heavy atom. The fourth-order valence-electron chi connectivity index (χ4n) is 5.48. The Hall–Kier alpha value is -3.71. The number of amides is 1. The molecule has 0 spiro atoms. The van der Waals surface area contributed by atoms with Gasteiger partial charge in [0.1, 0.15) is 0 Å². The number of aryl methyl sites for hydroxylation is 1. The molecule has 0 unspecified atom stereocenters. The van der Waals surface area contributed by atoms with Crippen LogP contribution in [0.1, 0.15) is 63.9 Å².